The minimum Gasteiger partial charge on any atom is -0.494 e. The number of ether oxygens (including phenoxy) is 3. The lowest BCUT2D eigenvalue weighted by Crippen LogP contribution is -2.65. The number of nitrogens with one attached hydrogen (secondary N) is 2. The first kappa shape index (κ1) is 41.6. The molecule has 0 bridgehead atoms. The zero-order valence-electron chi connectivity index (χ0n) is 33.6. The van der Waals surface area contributed by atoms with Gasteiger partial charge in [-0.05, 0) is 62.3 Å². The molecule has 0 radical (unpaired) electrons. The van der Waals surface area contributed by atoms with Crippen LogP contribution in [0.5, 0.6) is 11.6 Å². The van der Waals surface area contributed by atoms with Crippen molar-refractivity contribution >= 4 is 44.6 Å². The number of alkyl halides is 1. The highest BCUT2D eigenvalue weighted by Crippen LogP contribution is 2.48. The zero-order chi connectivity index (χ0) is 41.7. The van der Waals surface area contributed by atoms with Gasteiger partial charge in [-0.2, -0.15) is 0 Å². The van der Waals surface area contributed by atoms with Crippen LogP contribution in [-0.2, 0) is 29.1 Å². The minimum absolute atomic E-state index is 0.0545. The molecule has 4 fully saturated rings. The molecule has 2 aromatic rings. The second-order valence-corrected chi connectivity index (χ2v) is 19.3. The summed E-state index contributed by atoms with van der Waals surface area (Å²) in [5.41, 5.74) is -1.70. The Bertz CT molecular complexity index is 2080. The molecular formula is C41H54FN5O10S. The van der Waals surface area contributed by atoms with Crippen LogP contribution in [0.15, 0.2) is 42.6 Å². The molecule has 1 unspecified atom stereocenters. The topological polar surface area (TPSA) is 194 Å². The van der Waals surface area contributed by atoms with Gasteiger partial charge in [-0.25, -0.2) is 22.6 Å². The number of carboxylic acid groups (broad SMARTS) is 1. The third kappa shape index (κ3) is 7.48. The molecule has 2 saturated heterocycles. The summed E-state index contributed by atoms with van der Waals surface area (Å²) in [7, 11) is -2.89. The summed E-state index contributed by atoms with van der Waals surface area (Å²) < 4.78 is 58.6. The summed E-state index contributed by atoms with van der Waals surface area (Å²) in [6, 6.07) is 3.54. The summed E-state index contributed by atoms with van der Waals surface area (Å²) in [6.45, 7) is 6.77. The van der Waals surface area contributed by atoms with Crippen molar-refractivity contribution < 1.29 is 51.3 Å². The summed E-state index contributed by atoms with van der Waals surface area (Å²) in [4.78, 5) is 64.7. The van der Waals surface area contributed by atoms with Gasteiger partial charge in [0.15, 0.2) is 0 Å². The van der Waals surface area contributed by atoms with Crippen LogP contribution in [0.1, 0.15) is 72.6 Å². The van der Waals surface area contributed by atoms with E-state index in [0.29, 0.717) is 30.4 Å². The Labute approximate surface area is 338 Å². The number of carbonyl (C=O) groups is 4. The van der Waals surface area contributed by atoms with E-state index >= 15 is 4.79 Å². The molecule has 15 nitrogen and oxygen atoms in total. The third-order valence-electron chi connectivity index (χ3n) is 12.8. The summed E-state index contributed by atoms with van der Waals surface area (Å²) in [5, 5.41) is 14.9. The molecule has 8 atom stereocenters. The Hall–Kier alpha value is -4.51. The molecule has 2 aliphatic carbocycles. The van der Waals surface area contributed by atoms with Gasteiger partial charge >= 0.3 is 6.09 Å². The van der Waals surface area contributed by atoms with E-state index in [2.05, 4.69) is 15.0 Å². The predicted octanol–water partition coefficient (Wildman–Crippen LogP) is 4.20. The third-order valence-corrected chi connectivity index (χ3v) is 15.0. The normalized spacial score (nSPS) is 31.8. The minimum atomic E-state index is -4.42. The number of aromatic nitrogens is 1. The van der Waals surface area contributed by atoms with Crippen LogP contribution in [0.25, 0.3) is 10.8 Å². The molecule has 316 valence electrons. The van der Waals surface area contributed by atoms with Gasteiger partial charge < -0.3 is 29.5 Å². The van der Waals surface area contributed by atoms with E-state index in [1.165, 1.54) is 23.1 Å². The van der Waals surface area contributed by atoms with Crippen molar-refractivity contribution in [1.29, 1.82) is 0 Å². The smallest absolute Gasteiger partial charge is 0.408 e. The highest BCUT2D eigenvalue weighted by Gasteiger charge is 2.64. The fourth-order valence-corrected chi connectivity index (χ4v) is 10.6. The fourth-order valence-electron chi connectivity index (χ4n) is 9.22. The van der Waals surface area contributed by atoms with Crippen molar-refractivity contribution in [2.45, 2.75) is 113 Å². The van der Waals surface area contributed by atoms with Crippen LogP contribution < -0.4 is 19.5 Å². The van der Waals surface area contributed by atoms with E-state index in [1.54, 1.807) is 6.08 Å². The number of halogens is 1. The number of nitrogens with zero attached hydrogens (tertiary/aromatic N) is 3. The van der Waals surface area contributed by atoms with E-state index in [1.807, 2.05) is 58.0 Å². The highest BCUT2D eigenvalue weighted by molar-refractivity contribution is 7.91. The molecule has 58 heavy (non-hydrogen) atoms. The molecule has 2 saturated carbocycles. The Balaban J connectivity index is 1.32. The first-order valence-corrected chi connectivity index (χ1v) is 21.7. The predicted molar refractivity (Wildman–Crippen MR) is 210 cm³/mol. The van der Waals surface area contributed by atoms with Gasteiger partial charge in [0.2, 0.25) is 27.7 Å². The summed E-state index contributed by atoms with van der Waals surface area (Å²) >= 11 is 0. The van der Waals surface area contributed by atoms with Crippen molar-refractivity contribution in [1.82, 2.24) is 24.8 Å². The Kier molecular flexibility index (Phi) is 11.4. The Morgan fingerprint density at radius 2 is 1.86 bits per heavy atom. The maximum atomic E-state index is 15.5. The van der Waals surface area contributed by atoms with Crippen LogP contribution >= 0.6 is 0 Å². The maximum absolute atomic E-state index is 15.5. The van der Waals surface area contributed by atoms with Crippen molar-refractivity contribution in [2.75, 3.05) is 27.0 Å². The van der Waals surface area contributed by atoms with Crippen molar-refractivity contribution in [2.24, 2.45) is 23.7 Å². The van der Waals surface area contributed by atoms with Crippen LogP contribution in [0.2, 0.25) is 0 Å². The van der Waals surface area contributed by atoms with Crippen LogP contribution in [0, 0.1) is 23.7 Å². The SMILES string of the molecule is COc1cnc(O[C@@H]2C[C@H]3C(=O)N[C@]4(C(=O)NS(=O)(=O)C5(CF)CC5)C[C@H]4/C=C\CC[C@H](C)C[C@@H](C)[C@H](N(C(=O)O)C4COC4)C(=O)N3C2C(C)C)c2ccccc12. The van der Waals surface area contributed by atoms with E-state index in [-0.39, 0.29) is 56.6 Å². The maximum Gasteiger partial charge on any atom is 0.408 e. The largest absolute Gasteiger partial charge is 0.494 e. The number of fused-ring (bicyclic) bond motifs is 3. The van der Waals surface area contributed by atoms with Crippen molar-refractivity contribution in [3.8, 4) is 11.6 Å². The number of hydrogen-bond donors (Lipinski definition) is 3. The van der Waals surface area contributed by atoms with E-state index in [4.69, 9.17) is 14.2 Å². The molecule has 4 heterocycles. The average Bonchev–Trinajstić information content (AvgIpc) is 4.07. The van der Waals surface area contributed by atoms with Gasteiger partial charge in [-0.1, -0.05) is 58.0 Å². The molecule has 17 heteroatoms. The van der Waals surface area contributed by atoms with Crippen LogP contribution in [0.3, 0.4) is 0 Å². The van der Waals surface area contributed by atoms with Gasteiger partial charge in [0.1, 0.15) is 40.9 Å². The van der Waals surface area contributed by atoms with Gasteiger partial charge in [0, 0.05) is 23.1 Å². The number of methoxy groups -OCH3 is 1. The lowest BCUT2D eigenvalue weighted by Gasteiger charge is -2.45. The number of allylic oxidation sites excluding steroid dienone is 1. The van der Waals surface area contributed by atoms with Crippen LogP contribution in [0.4, 0.5) is 9.18 Å². The molecular weight excluding hydrogens is 774 g/mol. The van der Waals surface area contributed by atoms with Crippen LogP contribution in [-0.4, -0.2) is 120 Å². The molecule has 3 N–H and O–H groups in total. The number of sulfonamides is 1. The van der Waals surface area contributed by atoms with Gasteiger partial charge in [-0.15, -0.1) is 0 Å². The quantitative estimate of drug-likeness (QED) is 0.291. The van der Waals surface area contributed by atoms with Gasteiger partial charge in [-0.3, -0.25) is 24.0 Å². The van der Waals surface area contributed by atoms with Crippen molar-refractivity contribution in [3.63, 3.8) is 0 Å². The number of hydrogen-bond acceptors (Lipinski definition) is 10. The average molecular weight is 828 g/mol. The lowest BCUT2D eigenvalue weighted by molar-refractivity contribution is -0.152. The molecule has 1 aromatic heterocycles. The van der Waals surface area contributed by atoms with E-state index in [9.17, 15) is 32.3 Å². The molecule has 7 rings (SSSR count). The second-order valence-electron chi connectivity index (χ2n) is 17.2. The molecule has 3 aliphatic heterocycles. The van der Waals surface area contributed by atoms with Gasteiger partial charge in [0.25, 0.3) is 5.91 Å². The summed E-state index contributed by atoms with van der Waals surface area (Å²) in [6.07, 6.45) is 5.07. The first-order valence-electron chi connectivity index (χ1n) is 20.2. The molecule has 0 spiro atoms. The Morgan fingerprint density at radius 1 is 1.16 bits per heavy atom. The number of rotatable bonds is 10. The Morgan fingerprint density at radius 3 is 2.47 bits per heavy atom. The van der Waals surface area contributed by atoms with Gasteiger partial charge in [0.05, 0.1) is 38.6 Å². The molecule has 5 aliphatic rings. The number of benzene rings is 1. The van der Waals surface area contributed by atoms with E-state index in [0.717, 1.165) is 5.39 Å². The second kappa shape index (κ2) is 15.9. The number of carbonyl (C=O) groups excluding carboxylic acids is 3. The zero-order valence-corrected chi connectivity index (χ0v) is 34.4. The standard InChI is InChI=1S/C41H54FN5O10S/c1-23(2)33-31(57-36-29-13-9-8-12-28(29)32(55-5)19-43-36)17-30-35(48)44-41(38(50)45-58(53,54)40(22-42)14-15-40)18-26(41)11-7-6-10-24(3)16-25(4)34(37(49)47(30)33)46(39(51)52)27-20-56-21-27/h7-9,11-13,19,23-27,30-31,33-34H,6,10,14-18,20-22H2,1-5H3,(H,44,48)(H,45,50)(H,51,52)/b11-7-/t24-,25+,26+,30-,31+,33?,34-,41+/m0/s1. The molecule has 1 aromatic carbocycles. The van der Waals surface area contributed by atoms with Crippen molar-refractivity contribution in [3.05, 3.63) is 42.6 Å². The monoisotopic (exact) mass is 827 g/mol. The molecule has 4 amide bonds. The highest BCUT2D eigenvalue weighted by atomic mass is 32.2. The fraction of sp³-hybridized carbons (Fsp3) is 0.634. The lowest BCUT2D eigenvalue weighted by atomic mass is 9.86. The van der Waals surface area contributed by atoms with E-state index < -0.39 is 92.9 Å². The number of pyridine rings is 1. The first-order chi connectivity index (χ1) is 27.6. The summed E-state index contributed by atoms with van der Waals surface area (Å²) in [5.74, 6) is -2.83. The number of amides is 4.